The van der Waals surface area contributed by atoms with Crippen LogP contribution in [-0.4, -0.2) is 11.2 Å². The van der Waals surface area contributed by atoms with E-state index in [1.54, 1.807) is 0 Å². The Morgan fingerprint density at radius 1 is 0.654 bits per heavy atom. The van der Waals surface area contributed by atoms with Gasteiger partial charge in [-0.3, -0.25) is 0 Å². The van der Waals surface area contributed by atoms with E-state index in [9.17, 15) is 0 Å². The molecule has 26 heavy (non-hydrogen) atoms. The molecule has 0 spiro atoms. The molecule has 4 aromatic rings. The van der Waals surface area contributed by atoms with E-state index >= 15 is 0 Å². The van der Waals surface area contributed by atoms with Crippen LogP contribution in [0.25, 0.3) is 27.6 Å². The highest BCUT2D eigenvalue weighted by atomic mass is 14.8. The Balaban J connectivity index is 1.75. The number of hydrogen-bond acceptors (Lipinski definition) is 2. The van der Waals surface area contributed by atoms with Crippen LogP contribution >= 0.6 is 0 Å². The summed E-state index contributed by atoms with van der Waals surface area (Å²) in [4.78, 5) is 9.34. The third-order valence-electron chi connectivity index (χ3n) is 4.79. The van der Waals surface area contributed by atoms with Crippen LogP contribution in [0.15, 0.2) is 91.1 Å². The zero-order valence-corrected chi connectivity index (χ0v) is 14.1. The Morgan fingerprint density at radius 3 is 2.15 bits per heavy atom. The topological polar surface area (TPSA) is 27.0 Å². The molecule has 0 saturated carbocycles. The summed E-state index contributed by atoms with van der Waals surface area (Å²) in [5, 5.41) is 1.13. The summed E-state index contributed by atoms with van der Waals surface area (Å²) in [5.74, 6) is 0. The number of nitrogens with zero attached hydrogens (tertiary/aromatic N) is 2. The summed E-state index contributed by atoms with van der Waals surface area (Å²) >= 11 is 0. The lowest BCUT2D eigenvalue weighted by Crippen LogP contribution is -2.01. The molecule has 0 N–H and O–H groups in total. The van der Waals surface area contributed by atoms with E-state index in [1.807, 2.05) is 24.5 Å². The Kier molecular flexibility index (Phi) is 3.46. The lowest BCUT2D eigenvalue weighted by Gasteiger charge is -2.11. The minimum atomic E-state index is 0.946. The lowest BCUT2D eigenvalue weighted by molar-refractivity contribution is 1.32. The average molecular weight is 332 g/mol. The molecule has 5 rings (SSSR count). The first-order valence-electron chi connectivity index (χ1n) is 8.69. The summed E-state index contributed by atoms with van der Waals surface area (Å²) in [5.41, 5.74) is 7.78. The number of pyridine rings is 1. The van der Waals surface area contributed by atoms with Gasteiger partial charge in [0.15, 0.2) is 0 Å². The highest BCUT2D eigenvalue weighted by Crippen LogP contribution is 2.38. The number of rotatable bonds is 2. The standard InChI is InChI=1S/C24H16N2/c1-3-7-17(8-4-1)19-13-15-25-23-21(19)11-12-22-20(14-16-26-24(22)23)18-9-5-2-6-10-18/h1-16H/q+1. The van der Waals surface area contributed by atoms with Crippen molar-refractivity contribution in [2.45, 2.75) is 0 Å². The zero-order valence-electron chi connectivity index (χ0n) is 14.1. The molecule has 1 radical (unpaired) electrons. The van der Waals surface area contributed by atoms with Crippen LogP contribution in [-0.2, 0) is 0 Å². The molecule has 1 aromatic heterocycles. The number of benzene rings is 3. The molecular formula is C24H16N2+. The molecule has 1 aliphatic heterocycles. The molecule has 0 fully saturated rings. The van der Waals surface area contributed by atoms with Crippen molar-refractivity contribution in [3.8, 4) is 11.1 Å². The second-order valence-electron chi connectivity index (χ2n) is 6.31. The fraction of sp³-hybridized carbons (Fsp3) is 0. The first-order valence-corrected chi connectivity index (χ1v) is 8.69. The van der Waals surface area contributed by atoms with Crippen LogP contribution in [0, 0.1) is 0 Å². The first kappa shape index (κ1) is 14.8. The van der Waals surface area contributed by atoms with Gasteiger partial charge in [-0.25, -0.2) is 4.98 Å². The van der Waals surface area contributed by atoms with Crippen LogP contribution in [0.4, 0.5) is 5.69 Å². The maximum atomic E-state index is 4.67. The van der Waals surface area contributed by atoms with E-state index in [0.29, 0.717) is 0 Å². The van der Waals surface area contributed by atoms with E-state index in [2.05, 4.69) is 82.8 Å². The van der Waals surface area contributed by atoms with Crippen LogP contribution in [0.3, 0.4) is 0 Å². The number of allylic oxidation sites excluding steroid dienone is 1. The molecule has 1 aliphatic rings. The average Bonchev–Trinajstić information content (AvgIpc) is 2.74. The van der Waals surface area contributed by atoms with E-state index in [-0.39, 0.29) is 0 Å². The SMILES string of the molecule is C1=[N+]c2c(ccc3c(-c4ccccc4)ccnc23)C(c2ccccc2)=C1. The summed E-state index contributed by atoms with van der Waals surface area (Å²) in [6.07, 6.45) is 5.83. The lowest BCUT2D eigenvalue weighted by atomic mass is 9.92. The van der Waals surface area contributed by atoms with Crippen LogP contribution in [0.5, 0.6) is 0 Å². The van der Waals surface area contributed by atoms with Gasteiger partial charge in [0, 0.05) is 23.2 Å². The van der Waals surface area contributed by atoms with Gasteiger partial charge in [0.05, 0.1) is 10.6 Å². The van der Waals surface area contributed by atoms with Gasteiger partial charge < -0.3 is 0 Å². The molecular weight excluding hydrogens is 316 g/mol. The van der Waals surface area contributed by atoms with Crippen molar-refractivity contribution < 1.29 is 0 Å². The second kappa shape index (κ2) is 6.08. The molecule has 0 unspecified atom stereocenters. The van der Waals surface area contributed by atoms with E-state index in [4.69, 9.17) is 0 Å². The molecule has 2 nitrogen and oxygen atoms in total. The third-order valence-corrected chi connectivity index (χ3v) is 4.79. The monoisotopic (exact) mass is 332 g/mol. The van der Waals surface area contributed by atoms with E-state index in [0.717, 1.165) is 22.2 Å². The highest BCUT2D eigenvalue weighted by molar-refractivity contribution is 6.08. The Labute approximate surface area is 152 Å². The van der Waals surface area contributed by atoms with Crippen LogP contribution in [0.2, 0.25) is 0 Å². The van der Waals surface area contributed by atoms with Crippen molar-refractivity contribution in [3.05, 3.63) is 102 Å². The van der Waals surface area contributed by atoms with Crippen LogP contribution < -0.4 is 4.99 Å². The Hall–Kier alpha value is -3.52. The van der Waals surface area contributed by atoms with Gasteiger partial charge >= 0.3 is 5.69 Å². The minimum absolute atomic E-state index is 0.946. The molecule has 0 saturated heterocycles. The van der Waals surface area contributed by atoms with Gasteiger partial charge in [0.2, 0.25) is 6.21 Å². The van der Waals surface area contributed by atoms with Crippen molar-refractivity contribution in [1.29, 1.82) is 0 Å². The van der Waals surface area contributed by atoms with Gasteiger partial charge in [-0.2, -0.15) is 0 Å². The largest absolute Gasteiger partial charge is 0.310 e. The maximum Gasteiger partial charge on any atom is 0.310 e. The number of aromatic nitrogens is 1. The molecule has 3 aromatic carbocycles. The predicted molar refractivity (Wildman–Crippen MR) is 109 cm³/mol. The van der Waals surface area contributed by atoms with E-state index in [1.165, 1.54) is 22.3 Å². The number of aliphatic imine (C=N–C) groups is 1. The normalized spacial score (nSPS) is 12.7. The molecule has 2 heteroatoms. The van der Waals surface area contributed by atoms with Crippen LogP contribution in [0.1, 0.15) is 11.1 Å². The van der Waals surface area contributed by atoms with Gasteiger partial charge in [-0.05, 0) is 28.8 Å². The smallest absolute Gasteiger partial charge is 0.249 e. The molecule has 0 amide bonds. The second-order valence-corrected chi connectivity index (χ2v) is 6.31. The predicted octanol–water partition coefficient (Wildman–Crippen LogP) is 5.39. The quantitative estimate of drug-likeness (QED) is 0.484. The molecule has 0 bridgehead atoms. The highest BCUT2D eigenvalue weighted by Gasteiger charge is 2.25. The van der Waals surface area contributed by atoms with Crippen molar-refractivity contribution in [2.24, 2.45) is 0 Å². The maximum absolute atomic E-state index is 4.67. The summed E-state index contributed by atoms with van der Waals surface area (Å²) in [7, 11) is 0. The van der Waals surface area contributed by atoms with Crippen molar-refractivity contribution in [2.75, 3.05) is 0 Å². The fourth-order valence-electron chi connectivity index (χ4n) is 3.57. The molecule has 121 valence electrons. The minimum Gasteiger partial charge on any atom is -0.249 e. The van der Waals surface area contributed by atoms with Crippen molar-refractivity contribution >= 4 is 28.4 Å². The summed E-state index contributed by atoms with van der Waals surface area (Å²) in [6, 6.07) is 27.3. The Bertz CT molecular complexity index is 1160. The van der Waals surface area contributed by atoms with Gasteiger partial charge in [0.25, 0.3) is 0 Å². The first-order chi connectivity index (χ1) is 12.9. The molecule has 0 aliphatic carbocycles. The van der Waals surface area contributed by atoms with Gasteiger partial charge in [-0.15, -0.1) is 0 Å². The molecule has 0 atom stereocenters. The Morgan fingerprint density at radius 2 is 1.38 bits per heavy atom. The fourth-order valence-corrected chi connectivity index (χ4v) is 3.57. The number of hydrogen-bond donors (Lipinski definition) is 0. The van der Waals surface area contributed by atoms with Crippen molar-refractivity contribution in [1.82, 2.24) is 9.98 Å². The molecule has 2 heterocycles. The van der Waals surface area contributed by atoms with Gasteiger partial charge in [-0.1, -0.05) is 66.7 Å². The van der Waals surface area contributed by atoms with Crippen molar-refractivity contribution in [3.63, 3.8) is 0 Å². The van der Waals surface area contributed by atoms with E-state index < -0.39 is 0 Å². The third kappa shape index (κ3) is 2.35. The van der Waals surface area contributed by atoms with Gasteiger partial charge in [0.1, 0.15) is 5.52 Å². The number of fused-ring (bicyclic) bond motifs is 3. The zero-order chi connectivity index (χ0) is 17.3. The summed E-state index contributed by atoms with van der Waals surface area (Å²) in [6.45, 7) is 0. The summed E-state index contributed by atoms with van der Waals surface area (Å²) < 4.78 is 0.